The van der Waals surface area contributed by atoms with Gasteiger partial charge in [0.2, 0.25) is 0 Å². The number of anilines is 1. The van der Waals surface area contributed by atoms with Gasteiger partial charge in [0.1, 0.15) is 11.5 Å². The van der Waals surface area contributed by atoms with E-state index in [1.54, 1.807) is 6.20 Å². The van der Waals surface area contributed by atoms with Crippen LogP contribution in [0.1, 0.15) is 31.5 Å². The van der Waals surface area contributed by atoms with Gasteiger partial charge in [0.25, 0.3) is 0 Å². The molecule has 0 amide bonds. The van der Waals surface area contributed by atoms with Crippen LogP contribution >= 0.6 is 0 Å². The summed E-state index contributed by atoms with van der Waals surface area (Å²) in [5.41, 5.74) is 2.82. The summed E-state index contributed by atoms with van der Waals surface area (Å²) in [4.78, 5) is 9.02. The highest BCUT2D eigenvalue weighted by atomic mass is 15.3. The quantitative estimate of drug-likeness (QED) is 0.843. The van der Waals surface area contributed by atoms with Gasteiger partial charge in [0.05, 0.1) is 6.20 Å². The third-order valence-electron chi connectivity index (χ3n) is 2.75. The zero-order valence-corrected chi connectivity index (χ0v) is 11.0. The molecule has 2 heterocycles. The van der Waals surface area contributed by atoms with Gasteiger partial charge in [0, 0.05) is 17.8 Å². The van der Waals surface area contributed by atoms with E-state index in [2.05, 4.69) is 44.5 Å². The molecule has 0 atom stereocenters. The molecule has 0 spiro atoms. The molecule has 0 aliphatic carbocycles. The Labute approximate surface area is 106 Å². The van der Waals surface area contributed by atoms with Gasteiger partial charge in [0.15, 0.2) is 5.82 Å². The molecule has 0 bridgehead atoms. The van der Waals surface area contributed by atoms with Crippen molar-refractivity contribution < 1.29 is 0 Å². The second-order valence-electron chi connectivity index (χ2n) is 4.10. The molecule has 0 aromatic carbocycles. The predicted octanol–water partition coefficient (Wildman–Crippen LogP) is 1.95. The highest BCUT2D eigenvalue weighted by Crippen LogP contribution is 2.21. The van der Waals surface area contributed by atoms with Gasteiger partial charge < -0.3 is 5.32 Å². The van der Waals surface area contributed by atoms with E-state index in [1.165, 1.54) is 0 Å². The second-order valence-corrected chi connectivity index (χ2v) is 4.10. The van der Waals surface area contributed by atoms with Crippen molar-refractivity contribution in [3.63, 3.8) is 0 Å². The van der Waals surface area contributed by atoms with Gasteiger partial charge in [-0.05, 0) is 19.8 Å². The van der Waals surface area contributed by atoms with E-state index in [4.69, 9.17) is 0 Å². The lowest BCUT2D eigenvalue weighted by Crippen LogP contribution is -2.09. The first-order valence-corrected chi connectivity index (χ1v) is 6.23. The van der Waals surface area contributed by atoms with Gasteiger partial charge in [-0.3, -0.25) is 0 Å². The fraction of sp³-hybridized carbons (Fsp3) is 0.500. The van der Waals surface area contributed by atoms with Crippen LogP contribution in [0.2, 0.25) is 0 Å². The molecule has 2 aromatic rings. The average Bonchev–Trinajstić information content (AvgIpc) is 2.89. The van der Waals surface area contributed by atoms with Crippen molar-refractivity contribution in [1.29, 1.82) is 0 Å². The largest absolute Gasteiger partial charge is 0.370 e. The SMILES string of the molecule is CCCNc1nc(-c2cn[nH]n2)nc(C)c1CC. The molecule has 0 saturated heterocycles. The monoisotopic (exact) mass is 246 g/mol. The van der Waals surface area contributed by atoms with Crippen LogP contribution in [0.15, 0.2) is 6.20 Å². The van der Waals surface area contributed by atoms with Crippen LogP contribution in [0.4, 0.5) is 5.82 Å². The summed E-state index contributed by atoms with van der Waals surface area (Å²) in [7, 11) is 0. The number of hydrogen-bond donors (Lipinski definition) is 2. The van der Waals surface area contributed by atoms with Crippen molar-refractivity contribution in [3.05, 3.63) is 17.5 Å². The van der Waals surface area contributed by atoms with Crippen molar-refractivity contribution in [2.24, 2.45) is 0 Å². The Morgan fingerprint density at radius 1 is 1.28 bits per heavy atom. The molecule has 0 aliphatic rings. The second kappa shape index (κ2) is 5.57. The Bertz CT molecular complexity index is 506. The third-order valence-corrected chi connectivity index (χ3v) is 2.75. The average molecular weight is 246 g/mol. The standard InChI is InChI=1S/C12H18N6/c1-4-6-13-11-9(5-2)8(3)15-12(16-11)10-7-14-18-17-10/h7H,4-6H2,1-3H3,(H,13,15,16)(H,14,17,18). The van der Waals surface area contributed by atoms with Crippen LogP contribution in [-0.2, 0) is 6.42 Å². The highest BCUT2D eigenvalue weighted by Gasteiger charge is 2.12. The van der Waals surface area contributed by atoms with E-state index in [9.17, 15) is 0 Å². The van der Waals surface area contributed by atoms with Crippen LogP contribution in [0.5, 0.6) is 0 Å². The molecule has 96 valence electrons. The van der Waals surface area contributed by atoms with Crippen molar-refractivity contribution in [2.45, 2.75) is 33.6 Å². The van der Waals surface area contributed by atoms with E-state index >= 15 is 0 Å². The molecule has 6 heteroatoms. The Balaban J connectivity index is 2.42. The molecule has 0 fully saturated rings. The number of aromatic nitrogens is 5. The number of H-pyrrole nitrogens is 1. The smallest absolute Gasteiger partial charge is 0.183 e. The summed E-state index contributed by atoms with van der Waals surface area (Å²) in [6.07, 6.45) is 3.60. The lowest BCUT2D eigenvalue weighted by atomic mass is 10.1. The maximum Gasteiger partial charge on any atom is 0.183 e. The van der Waals surface area contributed by atoms with Crippen LogP contribution in [0, 0.1) is 6.92 Å². The molecule has 0 unspecified atom stereocenters. The number of aromatic amines is 1. The first-order chi connectivity index (χ1) is 8.76. The van der Waals surface area contributed by atoms with Gasteiger partial charge in [-0.15, -0.1) is 0 Å². The fourth-order valence-corrected chi connectivity index (χ4v) is 1.83. The molecule has 2 rings (SSSR count). The van der Waals surface area contributed by atoms with Crippen molar-refractivity contribution in [2.75, 3.05) is 11.9 Å². The topological polar surface area (TPSA) is 79.4 Å². The Kier molecular flexibility index (Phi) is 3.86. The summed E-state index contributed by atoms with van der Waals surface area (Å²) >= 11 is 0. The molecule has 6 nitrogen and oxygen atoms in total. The summed E-state index contributed by atoms with van der Waals surface area (Å²) in [6, 6.07) is 0. The van der Waals surface area contributed by atoms with Crippen LogP contribution in [0.25, 0.3) is 11.5 Å². The molecule has 2 N–H and O–H groups in total. The lowest BCUT2D eigenvalue weighted by molar-refractivity contribution is 0.924. The van der Waals surface area contributed by atoms with Crippen LogP contribution in [-0.4, -0.2) is 31.9 Å². The Morgan fingerprint density at radius 2 is 2.11 bits per heavy atom. The Morgan fingerprint density at radius 3 is 2.72 bits per heavy atom. The van der Waals surface area contributed by atoms with E-state index in [-0.39, 0.29) is 0 Å². The number of nitrogens with one attached hydrogen (secondary N) is 2. The van der Waals surface area contributed by atoms with Crippen molar-refractivity contribution in [1.82, 2.24) is 25.4 Å². The van der Waals surface area contributed by atoms with Gasteiger partial charge in [-0.2, -0.15) is 15.4 Å². The zero-order chi connectivity index (χ0) is 13.0. The number of nitrogens with zero attached hydrogens (tertiary/aromatic N) is 4. The normalized spacial score (nSPS) is 10.6. The van der Waals surface area contributed by atoms with E-state index < -0.39 is 0 Å². The lowest BCUT2D eigenvalue weighted by Gasteiger charge is -2.12. The van der Waals surface area contributed by atoms with Crippen molar-refractivity contribution >= 4 is 5.82 Å². The summed E-state index contributed by atoms with van der Waals surface area (Å²) in [5, 5.41) is 13.7. The first-order valence-electron chi connectivity index (χ1n) is 6.23. The molecule has 18 heavy (non-hydrogen) atoms. The molecule has 0 aliphatic heterocycles. The predicted molar refractivity (Wildman–Crippen MR) is 70.3 cm³/mol. The first kappa shape index (κ1) is 12.5. The van der Waals surface area contributed by atoms with E-state index in [0.29, 0.717) is 11.5 Å². The minimum atomic E-state index is 0.608. The molecule has 0 saturated carbocycles. The molecular formula is C12H18N6. The van der Waals surface area contributed by atoms with Gasteiger partial charge in [-0.25, -0.2) is 9.97 Å². The highest BCUT2D eigenvalue weighted by molar-refractivity contribution is 5.55. The molecule has 0 radical (unpaired) electrons. The number of hydrogen-bond acceptors (Lipinski definition) is 5. The minimum Gasteiger partial charge on any atom is -0.370 e. The minimum absolute atomic E-state index is 0.608. The maximum atomic E-state index is 4.54. The van der Waals surface area contributed by atoms with Crippen LogP contribution in [0.3, 0.4) is 0 Å². The van der Waals surface area contributed by atoms with Gasteiger partial charge >= 0.3 is 0 Å². The summed E-state index contributed by atoms with van der Waals surface area (Å²) in [5.74, 6) is 1.52. The zero-order valence-electron chi connectivity index (χ0n) is 11.0. The summed E-state index contributed by atoms with van der Waals surface area (Å²) < 4.78 is 0. The van der Waals surface area contributed by atoms with Crippen molar-refractivity contribution in [3.8, 4) is 11.5 Å². The maximum absolute atomic E-state index is 4.54. The van der Waals surface area contributed by atoms with E-state index in [0.717, 1.165) is 36.5 Å². The van der Waals surface area contributed by atoms with Gasteiger partial charge in [-0.1, -0.05) is 13.8 Å². The fourth-order valence-electron chi connectivity index (χ4n) is 1.83. The van der Waals surface area contributed by atoms with Crippen LogP contribution < -0.4 is 5.32 Å². The number of aryl methyl sites for hydroxylation is 1. The Hall–Kier alpha value is -1.98. The summed E-state index contributed by atoms with van der Waals surface area (Å²) in [6.45, 7) is 7.15. The number of rotatable bonds is 5. The molecular weight excluding hydrogens is 228 g/mol. The molecule has 2 aromatic heterocycles. The third kappa shape index (κ3) is 2.47. The van der Waals surface area contributed by atoms with E-state index in [1.807, 2.05) is 6.92 Å².